The monoisotopic (exact) mass is 333 g/mol. The van der Waals surface area contributed by atoms with Crippen LogP contribution in [0.1, 0.15) is 18.9 Å². The predicted octanol–water partition coefficient (Wildman–Crippen LogP) is 4.09. The molecule has 0 spiro atoms. The number of hydrogen-bond acceptors (Lipinski definition) is 3. The van der Waals surface area contributed by atoms with Crippen LogP contribution in [0.5, 0.6) is 5.75 Å². The highest BCUT2D eigenvalue weighted by atomic mass is 35.5. The van der Waals surface area contributed by atoms with Crippen LogP contribution in [0.2, 0.25) is 5.02 Å². The third-order valence-electron chi connectivity index (χ3n) is 3.14. The molecule has 4 nitrogen and oxygen atoms in total. The lowest BCUT2D eigenvalue weighted by Gasteiger charge is -2.20. The second kappa shape index (κ2) is 9.18. The quantitative estimate of drug-likeness (QED) is 0.539. The Morgan fingerprint density at radius 2 is 1.74 bits per heavy atom. The Morgan fingerprint density at radius 3 is 2.39 bits per heavy atom. The maximum absolute atomic E-state index is 11.6. The minimum absolute atomic E-state index is 0.118. The third-order valence-corrected chi connectivity index (χ3v) is 3.39. The number of carbonyl (C=O) groups excluding carboxylic acids is 1. The normalized spacial score (nSPS) is 10.3. The summed E-state index contributed by atoms with van der Waals surface area (Å²) in [5.41, 5.74) is 1.03. The minimum Gasteiger partial charge on any atom is -0.494 e. The molecule has 0 unspecified atom stereocenters. The number of hydroxylamine groups is 2. The highest BCUT2D eigenvalue weighted by Crippen LogP contribution is 2.15. The van der Waals surface area contributed by atoms with Crippen molar-refractivity contribution in [2.24, 2.45) is 0 Å². The summed E-state index contributed by atoms with van der Waals surface area (Å²) in [6.07, 6.45) is 0.682. The molecule has 2 aromatic carbocycles. The summed E-state index contributed by atoms with van der Waals surface area (Å²) < 4.78 is 5.58. The zero-order valence-corrected chi connectivity index (χ0v) is 13.8. The molecule has 0 bridgehead atoms. The van der Waals surface area contributed by atoms with Crippen LogP contribution in [0.4, 0.5) is 0 Å². The van der Waals surface area contributed by atoms with E-state index >= 15 is 0 Å². The number of ether oxygens (including phenoxy) is 1. The van der Waals surface area contributed by atoms with Crippen molar-refractivity contribution in [3.05, 3.63) is 65.2 Å². The number of carbonyl (C=O) groups is 1. The van der Waals surface area contributed by atoms with E-state index in [4.69, 9.17) is 21.2 Å². The largest absolute Gasteiger partial charge is 0.494 e. The fourth-order valence-electron chi connectivity index (χ4n) is 1.95. The van der Waals surface area contributed by atoms with Gasteiger partial charge >= 0.3 is 0 Å². The number of amides is 1. The van der Waals surface area contributed by atoms with E-state index in [2.05, 4.69) is 0 Å². The van der Waals surface area contributed by atoms with Gasteiger partial charge in [0.05, 0.1) is 19.8 Å². The number of rotatable bonds is 8. The zero-order valence-electron chi connectivity index (χ0n) is 13.1. The van der Waals surface area contributed by atoms with E-state index in [0.29, 0.717) is 31.2 Å². The fourth-order valence-corrected chi connectivity index (χ4v) is 2.08. The van der Waals surface area contributed by atoms with E-state index in [1.165, 1.54) is 12.0 Å². The molecule has 0 heterocycles. The average Bonchev–Trinajstić information content (AvgIpc) is 2.56. The standard InChI is InChI=1S/C18H20ClNO3/c1-15(21)20(14-16-6-3-2-4-7-16)23-13-5-12-22-18-10-8-17(19)9-11-18/h2-4,6-11H,5,12-14H2,1H3. The van der Waals surface area contributed by atoms with Crippen LogP contribution in [0, 0.1) is 0 Å². The first-order valence-corrected chi connectivity index (χ1v) is 7.86. The molecule has 0 fully saturated rings. The van der Waals surface area contributed by atoms with Crippen molar-refractivity contribution in [2.45, 2.75) is 19.9 Å². The Labute approximate surface area is 141 Å². The summed E-state index contributed by atoms with van der Waals surface area (Å²) >= 11 is 5.81. The van der Waals surface area contributed by atoms with E-state index in [0.717, 1.165) is 11.3 Å². The zero-order chi connectivity index (χ0) is 16.5. The number of nitrogens with zero attached hydrogens (tertiary/aromatic N) is 1. The SMILES string of the molecule is CC(=O)N(Cc1ccccc1)OCCCOc1ccc(Cl)cc1. The summed E-state index contributed by atoms with van der Waals surface area (Å²) in [4.78, 5) is 17.2. The van der Waals surface area contributed by atoms with Crippen LogP contribution in [0.15, 0.2) is 54.6 Å². The molecule has 122 valence electrons. The van der Waals surface area contributed by atoms with E-state index in [1.807, 2.05) is 42.5 Å². The molecule has 2 aromatic rings. The Bertz CT molecular complexity index is 601. The molecule has 0 aromatic heterocycles. The molecule has 0 saturated heterocycles. The molecular weight excluding hydrogens is 314 g/mol. The van der Waals surface area contributed by atoms with Crippen LogP contribution >= 0.6 is 11.6 Å². The molecule has 0 N–H and O–H groups in total. The molecule has 0 aliphatic heterocycles. The molecule has 0 saturated carbocycles. The van der Waals surface area contributed by atoms with Crippen molar-refractivity contribution in [3.63, 3.8) is 0 Å². The van der Waals surface area contributed by atoms with Gasteiger partial charge < -0.3 is 4.74 Å². The van der Waals surface area contributed by atoms with Gasteiger partial charge in [-0.2, -0.15) is 0 Å². The molecule has 5 heteroatoms. The summed E-state index contributed by atoms with van der Waals surface area (Å²) in [5.74, 6) is 0.648. The van der Waals surface area contributed by atoms with E-state index in [9.17, 15) is 4.79 Å². The van der Waals surface area contributed by atoms with Crippen molar-refractivity contribution >= 4 is 17.5 Å². The molecule has 2 rings (SSSR count). The van der Waals surface area contributed by atoms with Crippen LogP contribution in [-0.4, -0.2) is 24.2 Å². The molecule has 0 atom stereocenters. The fraction of sp³-hybridized carbons (Fsp3) is 0.278. The lowest BCUT2D eigenvalue weighted by Crippen LogP contribution is -2.29. The molecule has 0 radical (unpaired) electrons. The summed E-state index contributed by atoms with van der Waals surface area (Å²) in [5, 5.41) is 2.05. The third kappa shape index (κ3) is 6.30. The van der Waals surface area contributed by atoms with Crippen molar-refractivity contribution < 1.29 is 14.4 Å². The van der Waals surface area contributed by atoms with Gasteiger partial charge in [0.2, 0.25) is 5.91 Å². The van der Waals surface area contributed by atoms with Gasteiger partial charge in [-0.25, -0.2) is 5.06 Å². The average molecular weight is 334 g/mol. The summed E-state index contributed by atoms with van der Waals surface area (Å²) in [6.45, 7) is 2.86. The van der Waals surface area contributed by atoms with Gasteiger partial charge in [-0.1, -0.05) is 41.9 Å². The smallest absolute Gasteiger partial charge is 0.243 e. The van der Waals surface area contributed by atoms with E-state index < -0.39 is 0 Å². The van der Waals surface area contributed by atoms with Crippen LogP contribution < -0.4 is 4.74 Å². The van der Waals surface area contributed by atoms with Crippen LogP contribution in [-0.2, 0) is 16.2 Å². The highest BCUT2D eigenvalue weighted by Gasteiger charge is 2.10. The minimum atomic E-state index is -0.118. The Kier molecular flexibility index (Phi) is 6.91. The van der Waals surface area contributed by atoms with Crippen molar-refractivity contribution in [1.29, 1.82) is 0 Å². The Morgan fingerprint density at radius 1 is 1.04 bits per heavy atom. The van der Waals surface area contributed by atoms with Crippen LogP contribution in [0.3, 0.4) is 0 Å². The molecule has 0 aliphatic rings. The first kappa shape index (κ1) is 17.3. The topological polar surface area (TPSA) is 38.8 Å². The Hall–Kier alpha value is -2.04. The number of halogens is 1. The van der Waals surface area contributed by atoms with Gasteiger partial charge in [-0.15, -0.1) is 0 Å². The van der Waals surface area contributed by atoms with Gasteiger partial charge in [-0.3, -0.25) is 9.63 Å². The van der Waals surface area contributed by atoms with Gasteiger partial charge in [0.15, 0.2) is 0 Å². The summed E-state index contributed by atoms with van der Waals surface area (Å²) in [6, 6.07) is 16.9. The van der Waals surface area contributed by atoms with Gasteiger partial charge in [0.1, 0.15) is 5.75 Å². The first-order chi connectivity index (χ1) is 11.1. The van der Waals surface area contributed by atoms with Gasteiger partial charge in [-0.05, 0) is 29.8 Å². The first-order valence-electron chi connectivity index (χ1n) is 7.48. The van der Waals surface area contributed by atoms with Gasteiger partial charge in [0.25, 0.3) is 0 Å². The number of benzene rings is 2. The molecule has 1 amide bonds. The van der Waals surface area contributed by atoms with Crippen molar-refractivity contribution in [2.75, 3.05) is 13.2 Å². The molecule has 0 aliphatic carbocycles. The lowest BCUT2D eigenvalue weighted by molar-refractivity contribution is -0.188. The van der Waals surface area contributed by atoms with E-state index in [-0.39, 0.29) is 5.91 Å². The van der Waals surface area contributed by atoms with Crippen LogP contribution in [0.25, 0.3) is 0 Å². The highest BCUT2D eigenvalue weighted by molar-refractivity contribution is 6.30. The van der Waals surface area contributed by atoms with Crippen molar-refractivity contribution in [1.82, 2.24) is 5.06 Å². The summed E-state index contributed by atoms with van der Waals surface area (Å²) in [7, 11) is 0. The number of hydrogen-bond donors (Lipinski definition) is 0. The second-order valence-corrected chi connectivity index (χ2v) is 5.47. The maximum Gasteiger partial charge on any atom is 0.243 e. The van der Waals surface area contributed by atoms with Crippen molar-refractivity contribution in [3.8, 4) is 5.75 Å². The molecular formula is C18H20ClNO3. The van der Waals surface area contributed by atoms with E-state index in [1.54, 1.807) is 12.1 Å². The maximum atomic E-state index is 11.6. The van der Waals surface area contributed by atoms with Gasteiger partial charge in [0, 0.05) is 18.4 Å². The predicted molar refractivity (Wildman–Crippen MR) is 90.2 cm³/mol. The lowest BCUT2D eigenvalue weighted by atomic mass is 10.2. The molecule has 23 heavy (non-hydrogen) atoms. The Balaban J connectivity index is 1.70. The second-order valence-electron chi connectivity index (χ2n) is 5.03.